The number of nitrogens with zero attached hydrogens (tertiary/aromatic N) is 2. The highest BCUT2D eigenvalue weighted by atomic mass is 16.1. The molecule has 1 aliphatic rings. The van der Waals surface area contributed by atoms with E-state index in [0.717, 1.165) is 36.9 Å². The molecular formula is C24H25N3O. The number of hydrogen-bond donors (Lipinski definition) is 1. The summed E-state index contributed by atoms with van der Waals surface area (Å²) in [6, 6.07) is 18.5. The van der Waals surface area contributed by atoms with E-state index in [0.29, 0.717) is 0 Å². The summed E-state index contributed by atoms with van der Waals surface area (Å²) >= 11 is 0. The van der Waals surface area contributed by atoms with Crippen LogP contribution in [0.5, 0.6) is 0 Å². The summed E-state index contributed by atoms with van der Waals surface area (Å²) in [6.45, 7) is 2.82. The minimum Gasteiger partial charge on any atom is -0.346 e. The van der Waals surface area contributed by atoms with Gasteiger partial charge in [-0.1, -0.05) is 60.2 Å². The van der Waals surface area contributed by atoms with Crippen molar-refractivity contribution in [2.75, 3.05) is 0 Å². The smallest absolute Gasteiger partial charge is 0.244 e. The molecule has 28 heavy (non-hydrogen) atoms. The molecule has 0 bridgehead atoms. The molecule has 1 aromatic heterocycles. The van der Waals surface area contributed by atoms with Crippen molar-refractivity contribution in [2.24, 2.45) is 0 Å². The quantitative estimate of drug-likeness (QED) is 0.674. The van der Waals surface area contributed by atoms with Gasteiger partial charge in [0.2, 0.25) is 5.91 Å². The van der Waals surface area contributed by atoms with Gasteiger partial charge in [-0.3, -0.25) is 9.48 Å². The maximum absolute atomic E-state index is 12.5. The molecule has 1 N–H and O–H groups in total. The Morgan fingerprint density at radius 1 is 1.21 bits per heavy atom. The summed E-state index contributed by atoms with van der Waals surface area (Å²) < 4.78 is 2.07. The zero-order valence-corrected chi connectivity index (χ0v) is 16.1. The Labute approximate surface area is 165 Å². The molecule has 0 aliphatic heterocycles. The van der Waals surface area contributed by atoms with Crippen molar-refractivity contribution in [2.45, 2.75) is 38.8 Å². The Morgan fingerprint density at radius 3 is 2.89 bits per heavy atom. The topological polar surface area (TPSA) is 46.9 Å². The Morgan fingerprint density at radius 2 is 2.07 bits per heavy atom. The lowest BCUT2D eigenvalue weighted by Crippen LogP contribution is -2.29. The minimum absolute atomic E-state index is 0.0305. The van der Waals surface area contributed by atoms with Crippen LogP contribution in [0.3, 0.4) is 0 Å². The molecule has 0 spiro atoms. The van der Waals surface area contributed by atoms with E-state index in [1.165, 1.54) is 16.8 Å². The van der Waals surface area contributed by atoms with Crippen LogP contribution in [0.25, 0.3) is 6.08 Å². The minimum atomic E-state index is -0.0600. The van der Waals surface area contributed by atoms with E-state index in [9.17, 15) is 4.79 Å². The predicted molar refractivity (Wildman–Crippen MR) is 112 cm³/mol. The first-order chi connectivity index (χ1) is 13.7. The van der Waals surface area contributed by atoms with Crippen LogP contribution in [0.15, 0.2) is 66.9 Å². The summed E-state index contributed by atoms with van der Waals surface area (Å²) in [4.78, 5) is 12.5. The molecule has 142 valence electrons. The van der Waals surface area contributed by atoms with Crippen LogP contribution in [0.4, 0.5) is 0 Å². The zero-order valence-electron chi connectivity index (χ0n) is 16.1. The summed E-state index contributed by atoms with van der Waals surface area (Å²) in [6.07, 6.45) is 8.43. The van der Waals surface area contributed by atoms with Crippen molar-refractivity contribution in [3.8, 4) is 0 Å². The molecule has 0 fully saturated rings. The zero-order chi connectivity index (χ0) is 19.3. The standard InChI is InChI=1S/C24H25N3O/c1-18-7-5-10-19(15-18)13-14-24(28)26-22-11-6-12-23-21(22)16-25-27(23)17-20-8-3-2-4-9-20/h2-5,7-10,13-16,22H,6,11-12,17H2,1H3,(H,26,28)/b14-13+. The lowest BCUT2D eigenvalue weighted by Gasteiger charge is -2.23. The number of rotatable bonds is 5. The monoisotopic (exact) mass is 371 g/mol. The van der Waals surface area contributed by atoms with Gasteiger partial charge in [0.05, 0.1) is 18.8 Å². The van der Waals surface area contributed by atoms with Crippen LogP contribution in [-0.4, -0.2) is 15.7 Å². The second-order valence-electron chi connectivity index (χ2n) is 7.39. The molecule has 1 unspecified atom stereocenters. The highest BCUT2D eigenvalue weighted by molar-refractivity contribution is 5.92. The van der Waals surface area contributed by atoms with Crippen LogP contribution >= 0.6 is 0 Å². The van der Waals surface area contributed by atoms with Gasteiger partial charge in [-0.15, -0.1) is 0 Å². The van der Waals surface area contributed by atoms with Crippen LogP contribution in [0.1, 0.15) is 46.8 Å². The van der Waals surface area contributed by atoms with Crippen molar-refractivity contribution in [3.63, 3.8) is 0 Å². The number of aromatic nitrogens is 2. The van der Waals surface area contributed by atoms with E-state index >= 15 is 0 Å². The van der Waals surface area contributed by atoms with Gasteiger partial charge in [-0.05, 0) is 43.4 Å². The molecule has 1 aliphatic carbocycles. The van der Waals surface area contributed by atoms with Gasteiger partial charge in [0, 0.05) is 17.3 Å². The molecule has 2 aromatic carbocycles. The summed E-state index contributed by atoms with van der Waals surface area (Å²) in [5.74, 6) is -0.0600. The number of carbonyl (C=O) groups excluding carboxylic acids is 1. The number of amides is 1. The van der Waals surface area contributed by atoms with Gasteiger partial charge >= 0.3 is 0 Å². The van der Waals surface area contributed by atoms with Crippen molar-refractivity contribution in [1.29, 1.82) is 0 Å². The van der Waals surface area contributed by atoms with E-state index < -0.39 is 0 Å². The SMILES string of the molecule is Cc1cccc(/C=C/C(=O)NC2CCCc3c2cnn3Cc2ccccc2)c1. The second kappa shape index (κ2) is 8.26. The van der Waals surface area contributed by atoms with Crippen LogP contribution in [0.2, 0.25) is 0 Å². The Bertz CT molecular complexity index is 988. The van der Waals surface area contributed by atoms with Gasteiger partial charge in [0.1, 0.15) is 0 Å². The summed E-state index contributed by atoms with van der Waals surface area (Å²) in [5, 5.41) is 7.76. The van der Waals surface area contributed by atoms with Crippen molar-refractivity contribution in [1.82, 2.24) is 15.1 Å². The van der Waals surface area contributed by atoms with E-state index in [-0.39, 0.29) is 11.9 Å². The molecule has 0 saturated heterocycles. The van der Waals surface area contributed by atoms with Crippen molar-refractivity contribution >= 4 is 12.0 Å². The maximum atomic E-state index is 12.5. The molecular weight excluding hydrogens is 346 g/mol. The molecule has 4 nitrogen and oxygen atoms in total. The number of nitrogens with one attached hydrogen (secondary N) is 1. The number of hydrogen-bond acceptors (Lipinski definition) is 2. The maximum Gasteiger partial charge on any atom is 0.244 e. The van der Waals surface area contributed by atoms with Crippen LogP contribution in [-0.2, 0) is 17.8 Å². The van der Waals surface area contributed by atoms with E-state index in [1.54, 1.807) is 6.08 Å². The molecule has 4 heteroatoms. The lowest BCUT2D eigenvalue weighted by atomic mass is 9.93. The van der Waals surface area contributed by atoms with Crippen molar-refractivity contribution in [3.05, 3.63) is 94.8 Å². The Balaban J connectivity index is 1.45. The van der Waals surface area contributed by atoms with E-state index in [1.807, 2.05) is 43.5 Å². The largest absolute Gasteiger partial charge is 0.346 e. The average molecular weight is 371 g/mol. The van der Waals surface area contributed by atoms with Gasteiger partial charge < -0.3 is 5.32 Å². The summed E-state index contributed by atoms with van der Waals surface area (Å²) in [5.41, 5.74) is 5.85. The predicted octanol–water partition coefficient (Wildman–Crippen LogP) is 4.45. The fourth-order valence-corrected chi connectivity index (χ4v) is 3.83. The lowest BCUT2D eigenvalue weighted by molar-refractivity contribution is -0.117. The number of fused-ring (bicyclic) bond motifs is 1. The van der Waals surface area contributed by atoms with Gasteiger partial charge in [0.15, 0.2) is 0 Å². The molecule has 4 rings (SSSR count). The number of benzene rings is 2. The Kier molecular flexibility index (Phi) is 5.38. The highest BCUT2D eigenvalue weighted by Gasteiger charge is 2.25. The molecule has 1 heterocycles. The molecule has 1 atom stereocenters. The van der Waals surface area contributed by atoms with E-state index in [2.05, 4.69) is 45.4 Å². The first-order valence-electron chi connectivity index (χ1n) is 9.83. The number of aryl methyl sites for hydroxylation is 1. The van der Waals surface area contributed by atoms with E-state index in [4.69, 9.17) is 0 Å². The molecule has 1 amide bonds. The first kappa shape index (κ1) is 18.2. The second-order valence-corrected chi connectivity index (χ2v) is 7.39. The van der Waals surface area contributed by atoms with Gasteiger partial charge in [0.25, 0.3) is 0 Å². The number of carbonyl (C=O) groups is 1. The van der Waals surface area contributed by atoms with Crippen molar-refractivity contribution < 1.29 is 4.79 Å². The Hall–Kier alpha value is -3.14. The van der Waals surface area contributed by atoms with Crippen LogP contribution < -0.4 is 5.32 Å². The van der Waals surface area contributed by atoms with Gasteiger partial charge in [-0.25, -0.2) is 0 Å². The third-order valence-corrected chi connectivity index (χ3v) is 5.22. The average Bonchev–Trinajstić information content (AvgIpc) is 3.11. The molecule has 3 aromatic rings. The fraction of sp³-hybridized carbons (Fsp3) is 0.250. The third kappa shape index (κ3) is 4.22. The normalized spacial score (nSPS) is 16.1. The summed E-state index contributed by atoms with van der Waals surface area (Å²) in [7, 11) is 0. The molecule has 0 saturated carbocycles. The highest BCUT2D eigenvalue weighted by Crippen LogP contribution is 2.30. The molecule has 0 radical (unpaired) electrons. The van der Waals surface area contributed by atoms with Gasteiger partial charge in [-0.2, -0.15) is 5.10 Å². The third-order valence-electron chi connectivity index (χ3n) is 5.22. The van der Waals surface area contributed by atoms with Crippen LogP contribution in [0, 0.1) is 6.92 Å². The first-order valence-corrected chi connectivity index (χ1v) is 9.83. The fourth-order valence-electron chi connectivity index (χ4n) is 3.83.